The smallest absolute Gasteiger partial charge is 0.246 e. The third kappa shape index (κ3) is 4.09. The molecule has 0 bridgehead atoms. The van der Waals surface area contributed by atoms with E-state index in [2.05, 4.69) is 20.9 Å². The van der Waals surface area contributed by atoms with E-state index >= 15 is 0 Å². The molecule has 2 aromatic carbocycles. The molecule has 3 aromatic rings. The molecule has 27 heavy (non-hydrogen) atoms. The lowest BCUT2D eigenvalue weighted by molar-refractivity contribution is -0.127. The zero-order valence-corrected chi connectivity index (χ0v) is 16.9. The number of carbonyl (C=O) groups excluding carboxylic acids is 1. The van der Waals surface area contributed by atoms with Gasteiger partial charge in [-0.3, -0.25) is 4.79 Å². The molecule has 0 unspecified atom stereocenters. The molecule has 0 aliphatic carbocycles. The maximum atomic E-state index is 12.5. The van der Waals surface area contributed by atoms with Gasteiger partial charge in [-0.15, -0.1) is 0 Å². The quantitative estimate of drug-likeness (QED) is 0.488. The molecule has 0 saturated carbocycles. The molecular weight excluding hydrogens is 428 g/mol. The van der Waals surface area contributed by atoms with Crippen molar-refractivity contribution in [2.24, 2.45) is 0 Å². The van der Waals surface area contributed by atoms with E-state index in [9.17, 15) is 4.79 Å². The largest absolute Gasteiger partial charge is 0.440 e. The van der Waals surface area contributed by atoms with Gasteiger partial charge in [-0.1, -0.05) is 45.7 Å². The van der Waals surface area contributed by atoms with Crippen molar-refractivity contribution >= 4 is 50.6 Å². The summed E-state index contributed by atoms with van der Waals surface area (Å²) in [5.41, 5.74) is 2.53. The highest BCUT2D eigenvalue weighted by Gasteiger charge is 2.26. The molecule has 4 nitrogen and oxygen atoms in total. The maximum absolute atomic E-state index is 12.5. The van der Waals surface area contributed by atoms with Crippen molar-refractivity contribution in [3.63, 3.8) is 0 Å². The van der Waals surface area contributed by atoms with Crippen molar-refractivity contribution in [1.29, 1.82) is 0 Å². The number of piperidine rings is 1. The van der Waals surface area contributed by atoms with Crippen molar-refractivity contribution in [2.75, 3.05) is 13.1 Å². The first kappa shape index (κ1) is 18.3. The number of oxazole rings is 1. The van der Waals surface area contributed by atoms with Gasteiger partial charge in [-0.05, 0) is 48.7 Å². The summed E-state index contributed by atoms with van der Waals surface area (Å²) in [6.07, 6.45) is 5.18. The molecular formula is C21H18BrClN2O2. The van der Waals surface area contributed by atoms with Gasteiger partial charge in [0, 0.05) is 34.6 Å². The van der Waals surface area contributed by atoms with Crippen LogP contribution in [0, 0.1) is 0 Å². The Bertz CT molecular complexity index is 1010. The number of nitrogens with zero attached hydrogens (tertiary/aromatic N) is 2. The van der Waals surface area contributed by atoms with Gasteiger partial charge in [0.05, 0.1) is 0 Å². The van der Waals surface area contributed by atoms with E-state index < -0.39 is 0 Å². The highest BCUT2D eigenvalue weighted by molar-refractivity contribution is 9.10. The minimum absolute atomic E-state index is 0.0357. The summed E-state index contributed by atoms with van der Waals surface area (Å²) in [6, 6.07) is 13.3. The molecule has 1 amide bonds. The van der Waals surface area contributed by atoms with Crippen LogP contribution in [0.15, 0.2) is 57.4 Å². The first-order valence-corrected chi connectivity index (χ1v) is 10.0. The topological polar surface area (TPSA) is 46.3 Å². The minimum Gasteiger partial charge on any atom is -0.440 e. The predicted molar refractivity (Wildman–Crippen MR) is 111 cm³/mol. The van der Waals surface area contributed by atoms with E-state index in [-0.39, 0.29) is 11.8 Å². The lowest BCUT2D eigenvalue weighted by Crippen LogP contribution is -2.36. The standard InChI is InChI=1S/C21H18BrClN2O2/c22-17-4-2-1-3-14(17)5-8-20(26)25-11-9-15(10-12-25)21-24-18-13-16(23)6-7-19(18)27-21/h1-8,13,15H,9-12H2/b8-5+. The van der Waals surface area contributed by atoms with Gasteiger partial charge in [-0.25, -0.2) is 4.98 Å². The van der Waals surface area contributed by atoms with E-state index in [1.807, 2.05) is 47.4 Å². The Labute approximate surface area is 171 Å². The van der Waals surface area contributed by atoms with E-state index in [1.165, 1.54) is 0 Å². The van der Waals surface area contributed by atoms with Crippen molar-refractivity contribution in [2.45, 2.75) is 18.8 Å². The number of benzene rings is 2. The van der Waals surface area contributed by atoms with Gasteiger partial charge in [0.25, 0.3) is 0 Å². The number of hydrogen-bond donors (Lipinski definition) is 0. The van der Waals surface area contributed by atoms with Crippen LogP contribution in [-0.4, -0.2) is 28.9 Å². The van der Waals surface area contributed by atoms with Gasteiger partial charge in [0.2, 0.25) is 5.91 Å². The van der Waals surface area contributed by atoms with Gasteiger partial charge >= 0.3 is 0 Å². The van der Waals surface area contributed by atoms with Crippen LogP contribution in [0.3, 0.4) is 0 Å². The summed E-state index contributed by atoms with van der Waals surface area (Å²) in [7, 11) is 0. The lowest BCUT2D eigenvalue weighted by atomic mass is 9.96. The van der Waals surface area contributed by atoms with Crippen LogP contribution in [-0.2, 0) is 4.79 Å². The van der Waals surface area contributed by atoms with Crippen molar-refractivity contribution in [1.82, 2.24) is 9.88 Å². The SMILES string of the molecule is O=C(/C=C/c1ccccc1Br)N1CCC(c2nc3cc(Cl)ccc3o2)CC1. The number of aromatic nitrogens is 1. The molecule has 1 saturated heterocycles. The monoisotopic (exact) mass is 444 g/mol. The molecule has 0 radical (unpaired) electrons. The van der Waals surface area contributed by atoms with E-state index in [1.54, 1.807) is 12.1 Å². The molecule has 2 heterocycles. The number of fused-ring (bicyclic) bond motifs is 1. The van der Waals surface area contributed by atoms with Crippen molar-refractivity contribution < 1.29 is 9.21 Å². The Morgan fingerprint density at radius 2 is 2.00 bits per heavy atom. The van der Waals surface area contributed by atoms with Crippen molar-refractivity contribution in [3.8, 4) is 0 Å². The fourth-order valence-electron chi connectivity index (χ4n) is 3.32. The summed E-state index contributed by atoms with van der Waals surface area (Å²) in [5, 5.41) is 0.652. The van der Waals surface area contributed by atoms with E-state index in [0.29, 0.717) is 18.1 Å². The third-order valence-corrected chi connectivity index (χ3v) is 5.79. The Kier molecular flexibility index (Phi) is 5.32. The summed E-state index contributed by atoms with van der Waals surface area (Å²) in [5.74, 6) is 1.00. The van der Waals surface area contributed by atoms with Crippen LogP contribution in [0.5, 0.6) is 0 Å². The Morgan fingerprint density at radius 1 is 1.22 bits per heavy atom. The Hall–Kier alpha value is -2.11. The minimum atomic E-state index is 0.0357. The van der Waals surface area contributed by atoms with Crippen LogP contribution < -0.4 is 0 Å². The number of amides is 1. The molecule has 4 rings (SSSR count). The zero-order valence-electron chi connectivity index (χ0n) is 14.6. The summed E-state index contributed by atoms with van der Waals surface area (Å²) >= 11 is 9.51. The fraction of sp³-hybridized carbons (Fsp3) is 0.238. The van der Waals surface area contributed by atoms with Crippen LogP contribution in [0.25, 0.3) is 17.2 Å². The number of likely N-dealkylation sites (tertiary alicyclic amines) is 1. The molecule has 1 aromatic heterocycles. The summed E-state index contributed by atoms with van der Waals surface area (Å²) < 4.78 is 6.86. The molecule has 1 aliphatic rings. The molecule has 0 N–H and O–H groups in total. The average Bonchev–Trinajstić information content (AvgIpc) is 3.10. The van der Waals surface area contributed by atoms with Crippen LogP contribution in [0.2, 0.25) is 5.02 Å². The van der Waals surface area contributed by atoms with Crippen LogP contribution in [0.1, 0.15) is 30.2 Å². The molecule has 0 spiro atoms. The summed E-state index contributed by atoms with van der Waals surface area (Å²) in [4.78, 5) is 18.9. The van der Waals surface area contributed by atoms with E-state index in [4.69, 9.17) is 16.0 Å². The molecule has 6 heteroatoms. The Balaban J connectivity index is 1.39. The Morgan fingerprint density at radius 3 is 2.78 bits per heavy atom. The van der Waals surface area contributed by atoms with Gasteiger partial charge < -0.3 is 9.32 Å². The van der Waals surface area contributed by atoms with Crippen LogP contribution in [0.4, 0.5) is 0 Å². The first-order valence-electron chi connectivity index (χ1n) is 8.87. The maximum Gasteiger partial charge on any atom is 0.246 e. The van der Waals surface area contributed by atoms with Gasteiger partial charge in [0.15, 0.2) is 11.5 Å². The van der Waals surface area contributed by atoms with Crippen LogP contribution >= 0.6 is 27.5 Å². The van der Waals surface area contributed by atoms with Gasteiger partial charge in [-0.2, -0.15) is 0 Å². The van der Waals surface area contributed by atoms with Gasteiger partial charge in [0.1, 0.15) is 5.52 Å². The highest BCUT2D eigenvalue weighted by Crippen LogP contribution is 2.31. The lowest BCUT2D eigenvalue weighted by Gasteiger charge is -2.29. The first-order chi connectivity index (χ1) is 13.1. The third-order valence-electron chi connectivity index (χ3n) is 4.83. The second-order valence-corrected chi connectivity index (χ2v) is 7.91. The predicted octanol–water partition coefficient (Wildman–Crippen LogP) is 5.66. The number of carbonyl (C=O) groups is 1. The van der Waals surface area contributed by atoms with Crippen molar-refractivity contribution in [3.05, 3.63) is 69.5 Å². The number of halogens is 2. The average molecular weight is 446 g/mol. The number of hydrogen-bond acceptors (Lipinski definition) is 3. The normalized spacial score (nSPS) is 15.7. The molecule has 1 fully saturated rings. The highest BCUT2D eigenvalue weighted by atomic mass is 79.9. The second-order valence-electron chi connectivity index (χ2n) is 6.62. The molecule has 0 atom stereocenters. The van der Waals surface area contributed by atoms with E-state index in [0.717, 1.165) is 39.9 Å². The zero-order chi connectivity index (χ0) is 18.8. The summed E-state index contributed by atoms with van der Waals surface area (Å²) in [6.45, 7) is 1.40. The molecule has 1 aliphatic heterocycles. The molecule has 138 valence electrons. The fourth-order valence-corrected chi connectivity index (χ4v) is 3.90. The number of rotatable bonds is 3. The second kappa shape index (κ2) is 7.87.